The van der Waals surface area contributed by atoms with Gasteiger partial charge in [-0.05, 0) is 36.2 Å². The number of carbonyl (C=O) groups is 5. The Labute approximate surface area is 170 Å². The topological polar surface area (TPSA) is 133 Å². The molecule has 2 aliphatic heterocycles. The number of rotatable bonds is 5. The average Bonchev–Trinajstić information content (AvgIpc) is 2.98. The van der Waals surface area contributed by atoms with E-state index in [0.717, 1.165) is 4.90 Å². The quantitative estimate of drug-likeness (QED) is 0.638. The third-order valence-corrected chi connectivity index (χ3v) is 5.15. The van der Waals surface area contributed by atoms with Gasteiger partial charge in [0.1, 0.15) is 6.04 Å². The van der Waals surface area contributed by atoms with Crippen molar-refractivity contribution in [3.63, 3.8) is 0 Å². The van der Waals surface area contributed by atoms with Gasteiger partial charge < -0.3 is 10.4 Å². The van der Waals surface area contributed by atoms with E-state index in [-0.39, 0.29) is 36.1 Å². The molecule has 4 amide bonds. The van der Waals surface area contributed by atoms with Crippen LogP contribution < -0.4 is 10.6 Å². The van der Waals surface area contributed by atoms with Crippen molar-refractivity contribution in [2.75, 3.05) is 5.32 Å². The lowest BCUT2D eigenvalue weighted by Crippen LogP contribution is -2.54. The Morgan fingerprint density at radius 1 is 1.10 bits per heavy atom. The summed E-state index contributed by atoms with van der Waals surface area (Å²) in [5.74, 6) is -3.30. The summed E-state index contributed by atoms with van der Waals surface area (Å²) in [4.78, 5) is 61.5. The molecule has 0 aliphatic carbocycles. The van der Waals surface area contributed by atoms with Gasteiger partial charge in [-0.25, -0.2) is 4.79 Å². The monoisotopic (exact) mass is 407 g/mol. The van der Waals surface area contributed by atoms with Gasteiger partial charge in [-0.2, -0.15) is 0 Å². The van der Waals surface area contributed by atoms with E-state index in [2.05, 4.69) is 10.6 Å². The lowest BCUT2D eigenvalue weighted by atomic mass is 10.0. The number of imide groups is 2. The van der Waals surface area contributed by atoms with Crippen LogP contribution >= 0.6 is 0 Å². The van der Waals surface area contributed by atoms with Crippen molar-refractivity contribution >= 4 is 35.3 Å². The van der Waals surface area contributed by atoms with Crippen molar-refractivity contribution in [3.8, 4) is 0 Å². The molecule has 1 saturated heterocycles. The Bertz CT molecular complexity index is 1110. The van der Waals surface area contributed by atoms with E-state index in [1.807, 2.05) is 0 Å². The second-order valence-electron chi connectivity index (χ2n) is 7.03. The molecule has 1 atom stereocenters. The number of piperidine rings is 1. The molecule has 9 nitrogen and oxygen atoms in total. The maximum atomic E-state index is 13.0. The summed E-state index contributed by atoms with van der Waals surface area (Å²) in [6.45, 7) is 0.175. The summed E-state index contributed by atoms with van der Waals surface area (Å²) < 4.78 is 0. The number of amides is 4. The van der Waals surface area contributed by atoms with E-state index >= 15 is 0 Å². The van der Waals surface area contributed by atoms with Crippen LogP contribution in [0.3, 0.4) is 0 Å². The first-order valence-corrected chi connectivity index (χ1v) is 9.27. The van der Waals surface area contributed by atoms with E-state index in [1.165, 1.54) is 18.2 Å². The molecule has 2 aromatic rings. The largest absolute Gasteiger partial charge is 0.478 e. The maximum absolute atomic E-state index is 13.0. The Balaban J connectivity index is 1.59. The van der Waals surface area contributed by atoms with Crippen LogP contribution in [0.1, 0.15) is 49.5 Å². The number of benzene rings is 2. The molecule has 30 heavy (non-hydrogen) atoms. The Hall–Kier alpha value is -4.01. The first-order chi connectivity index (χ1) is 14.4. The highest BCUT2D eigenvalue weighted by Gasteiger charge is 2.45. The molecule has 0 bridgehead atoms. The van der Waals surface area contributed by atoms with Crippen molar-refractivity contribution < 1.29 is 29.1 Å². The third kappa shape index (κ3) is 3.30. The molecule has 0 saturated carbocycles. The molecule has 0 spiro atoms. The molecule has 4 rings (SSSR count). The standard InChI is InChI=1S/C21H17N3O6/c25-16-8-7-15(18(26)23-16)24-19(27)14-6-2-4-12(17(14)20(24)28)10-22-13-5-1-3-11(9-13)21(29)30/h1-6,9,15,22H,7-8,10H2,(H,29,30)(H,23,25,26). The first-order valence-electron chi connectivity index (χ1n) is 9.27. The van der Waals surface area contributed by atoms with Crippen molar-refractivity contribution in [3.05, 3.63) is 64.7 Å². The molecule has 9 heteroatoms. The second kappa shape index (κ2) is 7.43. The van der Waals surface area contributed by atoms with Gasteiger partial charge in [0, 0.05) is 18.7 Å². The van der Waals surface area contributed by atoms with Crippen LogP contribution in [-0.4, -0.2) is 45.6 Å². The van der Waals surface area contributed by atoms with E-state index in [9.17, 15) is 24.0 Å². The molecular formula is C21H17N3O6. The zero-order chi connectivity index (χ0) is 21.4. The van der Waals surface area contributed by atoms with Gasteiger partial charge in [-0.15, -0.1) is 0 Å². The normalized spacial score (nSPS) is 18.3. The molecule has 2 heterocycles. The summed E-state index contributed by atoms with van der Waals surface area (Å²) in [5.41, 5.74) is 1.61. The zero-order valence-electron chi connectivity index (χ0n) is 15.7. The first kappa shape index (κ1) is 19.3. The molecule has 2 aliphatic rings. The Morgan fingerprint density at radius 2 is 1.87 bits per heavy atom. The minimum Gasteiger partial charge on any atom is -0.478 e. The number of fused-ring (bicyclic) bond motifs is 1. The molecule has 3 N–H and O–H groups in total. The van der Waals surface area contributed by atoms with E-state index in [0.29, 0.717) is 11.3 Å². The number of carbonyl (C=O) groups excluding carboxylic acids is 4. The van der Waals surface area contributed by atoms with Gasteiger partial charge >= 0.3 is 5.97 Å². The minimum atomic E-state index is -1.06. The van der Waals surface area contributed by atoms with Gasteiger partial charge in [-0.1, -0.05) is 18.2 Å². The highest BCUT2D eigenvalue weighted by atomic mass is 16.4. The summed E-state index contributed by atoms with van der Waals surface area (Å²) in [6, 6.07) is 10.1. The summed E-state index contributed by atoms with van der Waals surface area (Å²) in [7, 11) is 0. The number of aromatic carboxylic acids is 1. The van der Waals surface area contributed by atoms with Crippen molar-refractivity contribution in [2.24, 2.45) is 0 Å². The lowest BCUT2D eigenvalue weighted by Gasteiger charge is -2.27. The fourth-order valence-corrected chi connectivity index (χ4v) is 3.69. The van der Waals surface area contributed by atoms with Crippen LogP contribution in [-0.2, 0) is 16.1 Å². The van der Waals surface area contributed by atoms with Gasteiger partial charge in [-0.3, -0.25) is 29.4 Å². The van der Waals surface area contributed by atoms with Crippen LogP contribution in [0.4, 0.5) is 5.69 Å². The Morgan fingerprint density at radius 3 is 2.60 bits per heavy atom. The van der Waals surface area contributed by atoms with Crippen LogP contribution in [0, 0.1) is 0 Å². The summed E-state index contributed by atoms with van der Waals surface area (Å²) in [6.07, 6.45) is 0.143. The fraction of sp³-hybridized carbons (Fsp3) is 0.190. The van der Waals surface area contributed by atoms with E-state index < -0.39 is 35.6 Å². The molecule has 152 valence electrons. The molecule has 1 unspecified atom stereocenters. The maximum Gasteiger partial charge on any atom is 0.335 e. The van der Waals surface area contributed by atoms with E-state index in [1.54, 1.807) is 24.3 Å². The smallest absolute Gasteiger partial charge is 0.335 e. The number of nitrogens with one attached hydrogen (secondary N) is 2. The number of carboxylic acid groups (broad SMARTS) is 1. The minimum absolute atomic E-state index is 0.0537. The van der Waals surface area contributed by atoms with Gasteiger partial charge in [0.25, 0.3) is 11.8 Å². The predicted octanol–water partition coefficient (Wildman–Crippen LogP) is 1.40. The SMILES string of the molecule is O=C1CCC(N2C(=O)c3cccc(CNc4cccc(C(=O)O)c4)c3C2=O)C(=O)N1. The lowest BCUT2D eigenvalue weighted by molar-refractivity contribution is -0.136. The highest BCUT2D eigenvalue weighted by molar-refractivity contribution is 6.24. The van der Waals surface area contributed by atoms with Crippen LogP contribution in [0.5, 0.6) is 0 Å². The second-order valence-corrected chi connectivity index (χ2v) is 7.03. The van der Waals surface area contributed by atoms with Gasteiger partial charge in [0.15, 0.2) is 0 Å². The van der Waals surface area contributed by atoms with Crippen LogP contribution in [0.2, 0.25) is 0 Å². The zero-order valence-corrected chi connectivity index (χ0v) is 15.7. The predicted molar refractivity (Wildman–Crippen MR) is 104 cm³/mol. The molecule has 0 radical (unpaired) electrons. The molecular weight excluding hydrogens is 390 g/mol. The summed E-state index contributed by atoms with van der Waals surface area (Å²) in [5, 5.41) is 14.3. The summed E-state index contributed by atoms with van der Waals surface area (Å²) >= 11 is 0. The number of nitrogens with zero attached hydrogens (tertiary/aromatic N) is 1. The number of hydrogen-bond donors (Lipinski definition) is 3. The van der Waals surface area contributed by atoms with Gasteiger partial charge in [0.2, 0.25) is 11.8 Å². The van der Waals surface area contributed by atoms with Crippen molar-refractivity contribution in [1.29, 1.82) is 0 Å². The molecule has 2 aromatic carbocycles. The van der Waals surface area contributed by atoms with Gasteiger partial charge in [0.05, 0.1) is 16.7 Å². The van der Waals surface area contributed by atoms with Crippen molar-refractivity contribution in [1.82, 2.24) is 10.2 Å². The highest BCUT2D eigenvalue weighted by Crippen LogP contribution is 2.30. The molecule has 0 aromatic heterocycles. The van der Waals surface area contributed by atoms with Crippen molar-refractivity contribution in [2.45, 2.75) is 25.4 Å². The Kier molecular flexibility index (Phi) is 4.78. The number of anilines is 1. The third-order valence-electron chi connectivity index (χ3n) is 5.15. The average molecular weight is 407 g/mol. The number of carboxylic acids is 1. The van der Waals surface area contributed by atoms with E-state index in [4.69, 9.17) is 5.11 Å². The number of hydrogen-bond acceptors (Lipinski definition) is 6. The van der Waals surface area contributed by atoms with Crippen LogP contribution in [0.25, 0.3) is 0 Å². The molecule has 1 fully saturated rings. The fourth-order valence-electron chi connectivity index (χ4n) is 3.69. The van der Waals surface area contributed by atoms with Crippen LogP contribution in [0.15, 0.2) is 42.5 Å².